The van der Waals surface area contributed by atoms with E-state index in [9.17, 15) is 9.90 Å². The molecule has 0 saturated carbocycles. The molecule has 1 rings (SSSR count). The van der Waals surface area contributed by atoms with Crippen molar-refractivity contribution in [1.29, 1.82) is 0 Å². The number of furan rings is 1. The van der Waals surface area contributed by atoms with Gasteiger partial charge in [0.1, 0.15) is 11.9 Å². The summed E-state index contributed by atoms with van der Waals surface area (Å²) < 4.78 is 5.11. The van der Waals surface area contributed by atoms with Crippen molar-refractivity contribution < 1.29 is 14.3 Å². The van der Waals surface area contributed by atoms with Crippen molar-refractivity contribution in [3.05, 3.63) is 36.3 Å². The second kappa shape index (κ2) is 8.37. The van der Waals surface area contributed by atoms with E-state index in [1.807, 2.05) is 26.0 Å². The summed E-state index contributed by atoms with van der Waals surface area (Å²) >= 11 is 0. The average molecular weight is 266 g/mol. The highest BCUT2D eigenvalue weighted by Crippen LogP contribution is 2.18. The van der Waals surface area contributed by atoms with Crippen LogP contribution in [0.2, 0.25) is 0 Å². The number of carbonyl (C=O) groups is 1. The number of aliphatic hydroxyl groups is 1. The highest BCUT2D eigenvalue weighted by molar-refractivity contribution is 5.74. The molecular weight excluding hydrogens is 244 g/mol. The Bertz CT molecular complexity index is 387. The van der Waals surface area contributed by atoms with Gasteiger partial charge in [0, 0.05) is 19.0 Å². The number of amides is 2. The van der Waals surface area contributed by atoms with Crippen molar-refractivity contribution in [3.63, 3.8) is 0 Å². The van der Waals surface area contributed by atoms with Gasteiger partial charge in [0.2, 0.25) is 0 Å². The molecule has 2 unspecified atom stereocenters. The van der Waals surface area contributed by atoms with Crippen LogP contribution in [0.5, 0.6) is 0 Å². The van der Waals surface area contributed by atoms with E-state index in [1.165, 1.54) is 6.26 Å². The number of urea groups is 1. The molecule has 0 bridgehead atoms. The normalized spacial score (nSPS) is 14.3. The standard InChI is InChI=1S/C14H22N2O3/c1-3-4-5-8-15-14(18)16-11(2)10-12(17)13-7-6-9-19-13/h3-4,6-7,9,11-12,17H,5,8,10H2,1-2H3,(H2,15,16,18)/b4-3+. The maximum atomic E-state index is 11.5. The first-order valence-corrected chi connectivity index (χ1v) is 6.50. The van der Waals surface area contributed by atoms with Crippen molar-refractivity contribution in [2.24, 2.45) is 0 Å². The number of nitrogens with one attached hydrogen (secondary N) is 2. The van der Waals surface area contributed by atoms with E-state index < -0.39 is 6.10 Å². The molecule has 5 nitrogen and oxygen atoms in total. The zero-order valence-corrected chi connectivity index (χ0v) is 11.4. The van der Waals surface area contributed by atoms with Crippen molar-refractivity contribution in [2.75, 3.05) is 6.54 Å². The fourth-order valence-corrected chi connectivity index (χ4v) is 1.70. The van der Waals surface area contributed by atoms with E-state index in [2.05, 4.69) is 10.6 Å². The molecule has 0 saturated heterocycles. The molecule has 1 aromatic heterocycles. The maximum absolute atomic E-state index is 11.5. The minimum Gasteiger partial charge on any atom is -0.467 e. The minimum absolute atomic E-state index is 0.137. The number of carbonyl (C=O) groups excluding carboxylic acids is 1. The van der Waals surface area contributed by atoms with Gasteiger partial charge in [0.25, 0.3) is 0 Å². The fraction of sp³-hybridized carbons (Fsp3) is 0.500. The fourth-order valence-electron chi connectivity index (χ4n) is 1.70. The Hall–Kier alpha value is -1.75. The first-order valence-electron chi connectivity index (χ1n) is 6.50. The van der Waals surface area contributed by atoms with Crippen LogP contribution in [-0.4, -0.2) is 23.7 Å². The third-order valence-corrected chi connectivity index (χ3v) is 2.66. The van der Waals surface area contributed by atoms with Crippen molar-refractivity contribution >= 4 is 6.03 Å². The van der Waals surface area contributed by atoms with Gasteiger partial charge in [-0.1, -0.05) is 12.2 Å². The van der Waals surface area contributed by atoms with Gasteiger partial charge in [-0.05, 0) is 32.4 Å². The SMILES string of the molecule is C/C=C/CCNC(=O)NC(C)CC(O)c1ccco1. The third kappa shape index (κ3) is 6.10. The van der Waals surface area contributed by atoms with Crippen molar-refractivity contribution in [1.82, 2.24) is 10.6 Å². The second-order valence-electron chi connectivity index (χ2n) is 4.43. The van der Waals surface area contributed by atoms with Crippen LogP contribution in [0.3, 0.4) is 0 Å². The Morgan fingerprint density at radius 1 is 1.58 bits per heavy atom. The molecule has 0 aliphatic carbocycles. The lowest BCUT2D eigenvalue weighted by atomic mass is 10.1. The quantitative estimate of drug-likeness (QED) is 0.524. The van der Waals surface area contributed by atoms with E-state index in [-0.39, 0.29) is 12.1 Å². The molecule has 2 amide bonds. The minimum atomic E-state index is -0.701. The van der Waals surface area contributed by atoms with Gasteiger partial charge in [0.05, 0.1) is 6.26 Å². The van der Waals surface area contributed by atoms with Gasteiger partial charge in [-0.3, -0.25) is 0 Å². The lowest BCUT2D eigenvalue weighted by molar-refractivity contribution is 0.129. The molecular formula is C14H22N2O3. The van der Waals surface area contributed by atoms with Crippen LogP contribution in [0.1, 0.15) is 38.6 Å². The molecule has 1 heterocycles. The summed E-state index contributed by atoms with van der Waals surface area (Å²) in [7, 11) is 0. The van der Waals surface area contributed by atoms with Crippen LogP contribution in [0, 0.1) is 0 Å². The van der Waals surface area contributed by atoms with Crippen molar-refractivity contribution in [3.8, 4) is 0 Å². The summed E-state index contributed by atoms with van der Waals surface area (Å²) in [6, 6.07) is 3.09. The number of hydrogen-bond donors (Lipinski definition) is 3. The smallest absolute Gasteiger partial charge is 0.315 e. The highest BCUT2D eigenvalue weighted by atomic mass is 16.4. The van der Waals surface area contributed by atoms with Crippen molar-refractivity contribution in [2.45, 2.75) is 38.8 Å². The summed E-state index contributed by atoms with van der Waals surface area (Å²) in [5.74, 6) is 0.516. The summed E-state index contributed by atoms with van der Waals surface area (Å²) in [6.45, 7) is 4.39. The van der Waals surface area contributed by atoms with Crippen LogP contribution in [-0.2, 0) is 0 Å². The Balaban J connectivity index is 2.23. The monoisotopic (exact) mass is 266 g/mol. The van der Waals surface area contributed by atoms with E-state index in [4.69, 9.17) is 4.42 Å². The Morgan fingerprint density at radius 2 is 2.37 bits per heavy atom. The maximum Gasteiger partial charge on any atom is 0.315 e. The predicted molar refractivity (Wildman–Crippen MR) is 73.7 cm³/mol. The molecule has 0 aliphatic heterocycles. The number of aliphatic hydroxyl groups excluding tert-OH is 1. The molecule has 0 fully saturated rings. The average Bonchev–Trinajstić information content (AvgIpc) is 2.88. The molecule has 0 aliphatic rings. The Labute approximate surface area is 113 Å². The van der Waals surface area contributed by atoms with Gasteiger partial charge in [-0.2, -0.15) is 0 Å². The zero-order valence-electron chi connectivity index (χ0n) is 11.4. The molecule has 0 radical (unpaired) electrons. The van der Waals surface area contributed by atoms with Gasteiger partial charge in [0.15, 0.2) is 0 Å². The Morgan fingerprint density at radius 3 is 3.00 bits per heavy atom. The predicted octanol–water partition coefficient (Wildman–Crippen LogP) is 2.36. The van der Waals surface area contributed by atoms with E-state index in [0.29, 0.717) is 18.7 Å². The molecule has 19 heavy (non-hydrogen) atoms. The van der Waals surface area contributed by atoms with Crippen LogP contribution < -0.4 is 10.6 Å². The summed E-state index contributed by atoms with van der Waals surface area (Å²) in [4.78, 5) is 11.5. The topological polar surface area (TPSA) is 74.5 Å². The third-order valence-electron chi connectivity index (χ3n) is 2.66. The lowest BCUT2D eigenvalue weighted by Gasteiger charge is -2.17. The van der Waals surface area contributed by atoms with Crippen LogP contribution in [0.15, 0.2) is 35.0 Å². The van der Waals surface area contributed by atoms with E-state index in [0.717, 1.165) is 6.42 Å². The molecule has 2 atom stereocenters. The van der Waals surface area contributed by atoms with Crippen LogP contribution in [0.4, 0.5) is 4.79 Å². The molecule has 0 aromatic carbocycles. The van der Waals surface area contributed by atoms with Gasteiger partial charge < -0.3 is 20.2 Å². The van der Waals surface area contributed by atoms with Gasteiger partial charge >= 0.3 is 6.03 Å². The Kier molecular flexibility index (Phi) is 6.74. The molecule has 0 spiro atoms. The summed E-state index contributed by atoms with van der Waals surface area (Å²) in [5, 5.41) is 15.4. The number of hydrogen-bond acceptors (Lipinski definition) is 3. The number of allylic oxidation sites excluding steroid dienone is 1. The largest absolute Gasteiger partial charge is 0.467 e. The molecule has 3 N–H and O–H groups in total. The van der Waals surface area contributed by atoms with E-state index >= 15 is 0 Å². The highest BCUT2D eigenvalue weighted by Gasteiger charge is 2.15. The van der Waals surface area contributed by atoms with Crippen LogP contribution >= 0.6 is 0 Å². The van der Waals surface area contributed by atoms with Gasteiger partial charge in [-0.25, -0.2) is 4.79 Å². The van der Waals surface area contributed by atoms with Gasteiger partial charge in [-0.15, -0.1) is 0 Å². The van der Waals surface area contributed by atoms with E-state index in [1.54, 1.807) is 12.1 Å². The molecule has 5 heteroatoms. The first-order chi connectivity index (χ1) is 9.13. The summed E-state index contributed by atoms with van der Waals surface area (Å²) in [5.41, 5.74) is 0. The molecule has 106 valence electrons. The molecule has 1 aromatic rings. The van der Waals surface area contributed by atoms with Crippen LogP contribution in [0.25, 0.3) is 0 Å². The first kappa shape index (κ1) is 15.3. The second-order valence-corrected chi connectivity index (χ2v) is 4.43. The number of rotatable bonds is 7. The lowest BCUT2D eigenvalue weighted by Crippen LogP contribution is -2.41. The zero-order chi connectivity index (χ0) is 14.1. The summed E-state index contributed by atoms with van der Waals surface area (Å²) in [6.07, 6.45) is 5.98.